The number of hydrogen-bond donors (Lipinski definition) is 2. The highest BCUT2D eigenvalue weighted by Crippen LogP contribution is 2.24. The molecular weight excluding hydrogens is 296 g/mol. The number of carbonyl (C=O) groups excluding carboxylic acids is 2. The van der Waals surface area contributed by atoms with E-state index < -0.39 is 17.7 Å². The molecule has 0 amide bonds. The van der Waals surface area contributed by atoms with Gasteiger partial charge in [0.15, 0.2) is 5.57 Å². The molecule has 0 spiro atoms. The topological polar surface area (TPSA) is 76.7 Å². The van der Waals surface area contributed by atoms with Crippen LogP contribution in [0.1, 0.15) is 33.6 Å². The highest BCUT2D eigenvalue weighted by atomic mass is 16.7. The summed E-state index contributed by atoms with van der Waals surface area (Å²) in [4.78, 5) is 24.4. The zero-order chi connectivity index (χ0) is 16.9. The van der Waals surface area contributed by atoms with Gasteiger partial charge in [-0.25, -0.2) is 9.59 Å². The molecule has 1 fully saturated rings. The number of para-hydroxylation sites is 1. The van der Waals surface area contributed by atoms with Gasteiger partial charge in [-0.05, 0) is 18.6 Å². The van der Waals surface area contributed by atoms with E-state index in [1.165, 1.54) is 13.8 Å². The van der Waals surface area contributed by atoms with Gasteiger partial charge < -0.3 is 20.1 Å². The highest BCUT2D eigenvalue weighted by Gasteiger charge is 2.41. The molecule has 6 heteroatoms. The maximum Gasteiger partial charge on any atom is 0.352 e. The first-order chi connectivity index (χ1) is 10.9. The number of esters is 2. The number of cyclic esters (lactones) is 2. The Morgan fingerprint density at radius 1 is 1.09 bits per heavy atom. The Morgan fingerprint density at radius 2 is 1.70 bits per heavy atom. The summed E-state index contributed by atoms with van der Waals surface area (Å²) in [6, 6.07) is 9.28. The fourth-order valence-electron chi connectivity index (χ4n) is 2.11. The summed E-state index contributed by atoms with van der Waals surface area (Å²) in [5.41, 5.74) is 0.605. The van der Waals surface area contributed by atoms with E-state index in [0.29, 0.717) is 12.4 Å². The lowest BCUT2D eigenvalue weighted by Crippen LogP contribution is -2.44. The van der Waals surface area contributed by atoms with Crippen LogP contribution in [0, 0.1) is 0 Å². The number of ether oxygens (including phenoxy) is 2. The van der Waals surface area contributed by atoms with Crippen LogP contribution in [0.3, 0.4) is 0 Å². The highest BCUT2D eigenvalue weighted by molar-refractivity contribution is 6.16. The second-order valence-corrected chi connectivity index (χ2v) is 5.70. The quantitative estimate of drug-likeness (QED) is 0.363. The van der Waals surface area contributed by atoms with Crippen LogP contribution in [-0.2, 0) is 19.1 Å². The van der Waals surface area contributed by atoms with E-state index in [0.717, 1.165) is 18.5 Å². The minimum absolute atomic E-state index is 0.149. The standard InChI is InChI=1S/C17H22N2O4/c1-4-5-11-18-14(19-12-9-7-6-8-10-12)13-15(20)22-17(2,3)23-16(13)21/h6-10,18-19H,4-5,11H2,1-3H3. The van der Waals surface area contributed by atoms with Gasteiger partial charge in [-0.2, -0.15) is 0 Å². The third-order valence-corrected chi connectivity index (χ3v) is 3.21. The minimum Gasteiger partial charge on any atom is -0.419 e. The first-order valence-electron chi connectivity index (χ1n) is 7.70. The van der Waals surface area contributed by atoms with E-state index in [-0.39, 0.29) is 5.57 Å². The van der Waals surface area contributed by atoms with Crippen molar-refractivity contribution in [1.82, 2.24) is 5.32 Å². The Hall–Kier alpha value is -2.50. The fraction of sp³-hybridized carbons (Fsp3) is 0.412. The monoisotopic (exact) mass is 318 g/mol. The lowest BCUT2D eigenvalue weighted by atomic mass is 10.2. The van der Waals surface area contributed by atoms with Crippen LogP contribution in [0.15, 0.2) is 41.7 Å². The van der Waals surface area contributed by atoms with Crippen molar-refractivity contribution < 1.29 is 19.1 Å². The van der Waals surface area contributed by atoms with Crippen molar-refractivity contribution in [2.24, 2.45) is 0 Å². The van der Waals surface area contributed by atoms with Crippen LogP contribution in [0.2, 0.25) is 0 Å². The summed E-state index contributed by atoms with van der Waals surface area (Å²) < 4.78 is 10.3. The van der Waals surface area contributed by atoms with E-state index >= 15 is 0 Å². The summed E-state index contributed by atoms with van der Waals surface area (Å²) in [5.74, 6) is -2.35. The summed E-state index contributed by atoms with van der Waals surface area (Å²) in [6.07, 6.45) is 1.89. The lowest BCUT2D eigenvalue weighted by molar-refractivity contribution is -0.222. The van der Waals surface area contributed by atoms with Crippen LogP contribution in [-0.4, -0.2) is 24.3 Å². The molecule has 2 N–H and O–H groups in total. The van der Waals surface area contributed by atoms with Crippen LogP contribution in [0.4, 0.5) is 5.69 Å². The SMILES string of the molecule is CCCCNC(Nc1ccccc1)=C1C(=O)OC(C)(C)OC1=O. The first kappa shape index (κ1) is 16.9. The molecule has 1 aromatic rings. The summed E-state index contributed by atoms with van der Waals surface area (Å²) in [7, 11) is 0. The second-order valence-electron chi connectivity index (χ2n) is 5.70. The van der Waals surface area contributed by atoms with Gasteiger partial charge in [-0.1, -0.05) is 31.5 Å². The molecule has 1 aromatic carbocycles. The number of nitrogens with one attached hydrogen (secondary N) is 2. The Bertz CT molecular complexity index is 586. The maximum atomic E-state index is 12.2. The molecular formula is C17H22N2O4. The van der Waals surface area contributed by atoms with E-state index in [9.17, 15) is 9.59 Å². The smallest absolute Gasteiger partial charge is 0.352 e. The number of benzene rings is 1. The van der Waals surface area contributed by atoms with Gasteiger partial charge >= 0.3 is 11.9 Å². The molecule has 0 bridgehead atoms. The third kappa shape index (κ3) is 4.48. The number of hydrogen-bond acceptors (Lipinski definition) is 6. The molecule has 124 valence electrons. The molecule has 0 saturated carbocycles. The molecule has 6 nitrogen and oxygen atoms in total. The molecule has 0 aromatic heterocycles. The Labute approximate surface area is 135 Å². The molecule has 1 saturated heterocycles. The van der Waals surface area contributed by atoms with E-state index in [1.54, 1.807) is 0 Å². The average molecular weight is 318 g/mol. The van der Waals surface area contributed by atoms with Gasteiger partial charge in [-0.15, -0.1) is 0 Å². The van der Waals surface area contributed by atoms with Crippen LogP contribution < -0.4 is 10.6 Å². The molecule has 0 aliphatic carbocycles. The maximum absolute atomic E-state index is 12.2. The Balaban J connectivity index is 2.30. The van der Waals surface area contributed by atoms with Gasteiger partial charge in [-0.3, -0.25) is 0 Å². The van der Waals surface area contributed by atoms with Crippen molar-refractivity contribution in [2.45, 2.75) is 39.4 Å². The largest absolute Gasteiger partial charge is 0.419 e. The van der Waals surface area contributed by atoms with Crippen LogP contribution in [0.25, 0.3) is 0 Å². The zero-order valence-electron chi connectivity index (χ0n) is 13.6. The summed E-state index contributed by atoms with van der Waals surface area (Å²) >= 11 is 0. The van der Waals surface area contributed by atoms with Gasteiger partial charge in [0.25, 0.3) is 5.79 Å². The van der Waals surface area contributed by atoms with Gasteiger partial charge in [0.2, 0.25) is 0 Å². The molecule has 0 atom stereocenters. The minimum atomic E-state index is -1.25. The molecule has 2 rings (SSSR count). The van der Waals surface area contributed by atoms with Crippen molar-refractivity contribution >= 4 is 17.6 Å². The Kier molecular flexibility index (Phi) is 5.26. The van der Waals surface area contributed by atoms with E-state index in [2.05, 4.69) is 17.6 Å². The van der Waals surface area contributed by atoms with Crippen molar-refractivity contribution in [1.29, 1.82) is 0 Å². The third-order valence-electron chi connectivity index (χ3n) is 3.21. The molecule has 1 aliphatic rings. The van der Waals surface area contributed by atoms with Crippen molar-refractivity contribution in [3.05, 3.63) is 41.7 Å². The fourth-order valence-corrected chi connectivity index (χ4v) is 2.11. The van der Waals surface area contributed by atoms with Gasteiger partial charge in [0, 0.05) is 26.1 Å². The molecule has 1 aliphatic heterocycles. The van der Waals surface area contributed by atoms with Crippen molar-refractivity contribution in [3.8, 4) is 0 Å². The predicted molar refractivity (Wildman–Crippen MR) is 86.3 cm³/mol. The molecule has 1 heterocycles. The lowest BCUT2D eigenvalue weighted by Gasteiger charge is -2.31. The van der Waals surface area contributed by atoms with Crippen molar-refractivity contribution in [3.63, 3.8) is 0 Å². The second kappa shape index (κ2) is 7.17. The number of rotatable bonds is 6. The number of unbranched alkanes of at least 4 members (excludes halogenated alkanes) is 1. The average Bonchev–Trinajstić information content (AvgIpc) is 2.46. The number of carbonyl (C=O) groups is 2. The van der Waals surface area contributed by atoms with Crippen molar-refractivity contribution in [2.75, 3.05) is 11.9 Å². The Morgan fingerprint density at radius 3 is 2.26 bits per heavy atom. The molecule has 0 radical (unpaired) electrons. The van der Waals surface area contributed by atoms with Crippen LogP contribution >= 0.6 is 0 Å². The van der Waals surface area contributed by atoms with Gasteiger partial charge in [0.05, 0.1) is 0 Å². The van der Waals surface area contributed by atoms with Gasteiger partial charge in [0.1, 0.15) is 5.82 Å². The van der Waals surface area contributed by atoms with E-state index in [4.69, 9.17) is 9.47 Å². The molecule has 0 unspecified atom stereocenters. The zero-order valence-corrected chi connectivity index (χ0v) is 13.6. The predicted octanol–water partition coefficient (Wildman–Crippen LogP) is 2.54. The molecule has 23 heavy (non-hydrogen) atoms. The summed E-state index contributed by atoms with van der Waals surface area (Å²) in [6.45, 7) is 5.73. The first-order valence-corrected chi connectivity index (χ1v) is 7.70. The number of anilines is 1. The van der Waals surface area contributed by atoms with Crippen LogP contribution in [0.5, 0.6) is 0 Å². The summed E-state index contributed by atoms with van der Waals surface area (Å²) in [5, 5.41) is 6.16. The normalized spacial score (nSPS) is 16.4. The van der Waals surface area contributed by atoms with E-state index in [1.807, 2.05) is 30.3 Å².